The quantitative estimate of drug-likeness (QED) is 0.518. The highest BCUT2D eigenvalue weighted by Crippen LogP contribution is 2.54. The molecule has 2 bridgehead atoms. The Morgan fingerprint density at radius 2 is 1.23 bits per heavy atom. The number of benzene rings is 2. The Morgan fingerprint density at radius 3 is 1.72 bits per heavy atom. The fourth-order valence-electron chi connectivity index (χ4n) is 8.12. The molecule has 6 heterocycles. The van der Waals surface area contributed by atoms with Crippen molar-refractivity contribution in [3.63, 3.8) is 0 Å². The maximum absolute atomic E-state index is 9.76. The van der Waals surface area contributed by atoms with E-state index < -0.39 is 0 Å². The van der Waals surface area contributed by atoms with Gasteiger partial charge in [0.05, 0.1) is 11.4 Å². The van der Waals surface area contributed by atoms with E-state index in [9.17, 15) is 10.5 Å². The van der Waals surface area contributed by atoms with Crippen molar-refractivity contribution in [3.8, 4) is 12.1 Å². The third kappa shape index (κ3) is 3.31. The summed E-state index contributed by atoms with van der Waals surface area (Å²) in [5.41, 5.74) is 13.4. The number of aliphatic imine (C=N–C) groups is 2. The predicted molar refractivity (Wildman–Crippen MR) is 153 cm³/mol. The summed E-state index contributed by atoms with van der Waals surface area (Å²) in [4.78, 5) is 14.7. The first-order chi connectivity index (χ1) is 19.2. The van der Waals surface area contributed by atoms with Gasteiger partial charge in [-0.1, -0.05) is 36.4 Å². The summed E-state index contributed by atoms with van der Waals surface area (Å²) >= 11 is 0. The normalized spacial score (nSPS) is 24.3. The molecule has 0 N–H and O–H groups in total. The molecule has 1 fully saturated rings. The Hall–Kier alpha value is -4.16. The van der Waals surface area contributed by atoms with Crippen LogP contribution in [0, 0.1) is 22.7 Å². The summed E-state index contributed by atoms with van der Waals surface area (Å²) in [7, 11) is 0. The van der Waals surface area contributed by atoms with Crippen LogP contribution < -0.4 is 9.80 Å². The first-order valence-electron chi connectivity index (χ1n) is 14.4. The van der Waals surface area contributed by atoms with Gasteiger partial charge in [-0.25, -0.2) is 9.98 Å². The molecule has 6 nitrogen and oxygen atoms in total. The van der Waals surface area contributed by atoms with E-state index in [2.05, 4.69) is 58.3 Å². The molecular formula is C33H30N6. The second-order valence-corrected chi connectivity index (χ2v) is 11.6. The second-order valence-electron chi connectivity index (χ2n) is 11.6. The topological polar surface area (TPSA) is 78.8 Å². The fraction of sp³-hybridized carbons (Fsp3) is 0.394. The van der Waals surface area contributed by atoms with Crippen molar-refractivity contribution in [3.05, 3.63) is 81.2 Å². The van der Waals surface area contributed by atoms with E-state index in [4.69, 9.17) is 9.98 Å². The molecule has 0 aromatic heterocycles. The Balaban J connectivity index is 1.37. The van der Waals surface area contributed by atoms with Crippen LogP contribution in [0.3, 0.4) is 0 Å². The number of nitrogens with zero attached hydrogens (tertiary/aromatic N) is 6. The van der Waals surface area contributed by atoms with E-state index in [0.717, 1.165) is 68.9 Å². The molecule has 6 aliphatic heterocycles. The van der Waals surface area contributed by atoms with Crippen LogP contribution in [0.15, 0.2) is 68.9 Å². The second kappa shape index (κ2) is 8.68. The zero-order valence-electron chi connectivity index (χ0n) is 22.1. The Kier molecular flexibility index (Phi) is 5.07. The lowest BCUT2D eigenvalue weighted by molar-refractivity contribution is 0.533. The predicted octanol–water partition coefficient (Wildman–Crippen LogP) is 5.72. The Labute approximate surface area is 229 Å². The molecule has 1 aliphatic carbocycles. The zero-order valence-corrected chi connectivity index (χ0v) is 22.1. The number of anilines is 2. The van der Waals surface area contributed by atoms with Crippen molar-refractivity contribution < 1.29 is 0 Å². The summed E-state index contributed by atoms with van der Waals surface area (Å²) in [6.07, 6.45) is 7.48. The van der Waals surface area contributed by atoms with Gasteiger partial charge in [-0.15, -0.1) is 0 Å². The van der Waals surface area contributed by atoms with Gasteiger partial charge in [0.25, 0.3) is 0 Å². The average molecular weight is 511 g/mol. The smallest absolute Gasteiger partial charge is 0.177 e. The first kappa shape index (κ1) is 22.8. The third-order valence-corrected chi connectivity index (χ3v) is 9.69. The number of nitriles is 2. The van der Waals surface area contributed by atoms with Crippen LogP contribution in [0.25, 0.3) is 0 Å². The van der Waals surface area contributed by atoms with Crippen molar-refractivity contribution in [2.24, 2.45) is 9.98 Å². The number of fused-ring (bicyclic) bond motifs is 2. The molecule has 2 aromatic rings. The SMILES string of the molecule is N#CC1=C(C#N)N=C2CC(=N1)C2=C(C1CCN2CCCc3cccc1c32)C1CCN2CCCc3cccc1c32. The molecule has 6 heteroatoms. The zero-order chi connectivity index (χ0) is 26.1. The molecular weight excluding hydrogens is 480 g/mol. The van der Waals surface area contributed by atoms with Crippen LogP contribution in [0.1, 0.15) is 66.2 Å². The number of hydrogen-bond acceptors (Lipinski definition) is 6. The number of para-hydroxylation sites is 2. The molecule has 192 valence electrons. The Bertz CT molecular complexity index is 1520. The number of rotatable bonds is 2. The largest absolute Gasteiger partial charge is 0.371 e. The van der Waals surface area contributed by atoms with Crippen LogP contribution in [-0.2, 0) is 12.8 Å². The van der Waals surface area contributed by atoms with Gasteiger partial charge in [-0.2, -0.15) is 10.5 Å². The van der Waals surface area contributed by atoms with Crippen LogP contribution in [0.2, 0.25) is 0 Å². The van der Waals surface area contributed by atoms with Crippen molar-refractivity contribution in [1.29, 1.82) is 10.5 Å². The van der Waals surface area contributed by atoms with Gasteiger partial charge in [0, 0.05) is 61.4 Å². The van der Waals surface area contributed by atoms with E-state index in [1.807, 2.05) is 0 Å². The lowest BCUT2D eigenvalue weighted by Gasteiger charge is -2.46. The fourth-order valence-corrected chi connectivity index (χ4v) is 8.12. The van der Waals surface area contributed by atoms with Gasteiger partial charge in [0.2, 0.25) is 0 Å². The summed E-state index contributed by atoms with van der Waals surface area (Å²) < 4.78 is 0. The van der Waals surface area contributed by atoms with Gasteiger partial charge < -0.3 is 9.80 Å². The van der Waals surface area contributed by atoms with E-state index in [1.165, 1.54) is 52.0 Å². The maximum Gasteiger partial charge on any atom is 0.177 e. The lowest BCUT2D eigenvalue weighted by atomic mass is 9.66. The Morgan fingerprint density at radius 1 is 0.718 bits per heavy atom. The molecule has 0 saturated heterocycles. The van der Waals surface area contributed by atoms with Crippen molar-refractivity contribution in [2.75, 3.05) is 36.0 Å². The molecule has 2 unspecified atom stereocenters. The van der Waals surface area contributed by atoms with Gasteiger partial charge >= 0.3 is 0 Å². The molecule has 9 rings (SSSR count). The third-order valence-electron chi connectivity index (χ3n) is 9.69. The van der Waals surface area contributed by atoms with Crippen LogP contribution in [0.4, 0.5) is 11.4 Å². The first-order valence-corrected chi connectivity index (χ1v) is 14.4. The minimum absolute atomic E-state index is 0.149. The van der Waals surface area contributed by atoms with Gasteiger partial charge in [-0.05, 0) is 66.4 Å². The van der Waals surface area contributed by atoms with Gasteiger partial charge in [0.1, 0.15) is 12.1 Å². The highest BCUT2D eigenvalue weighted by atomic mass is 15.2. The van der Waals surface area contributed by atoms with Crippen molar-refractivity contribution in [2.45, 2.75) is 56.8 Å². The number of hydrogen-bond donors (Lipinski definition) is 0. The van der Waals surface area contributed by atoms with Gasteiger partial charge in [-0.3, -0.25) is 0 Å². The molecule has 0 amide bonds. The monoisotopic (exact) mass is 510 g/mol. The highest BCUT2D eigenvalue weighted by molar-refractivity contribution is 6.42. The number of aryl methyl sites for hydroxylation is 2. The van der Waals surface area contributed by atoms with Crippen molar-refractivity contribution >= 4 is 22.8 Å². The molecule has 1 saturated carbocycles. The molecule has 7 aliphatic rings. The van der Waals surface area contributed by atoms with E-state index in [-0.39, 0.29) is 23.2 Å². The van der Waals surface area contributed by atoms with E-state index in [0.29, 0.717) is 6.42 Å². The molecule has 39 heavy (non-hydrogen) atoms. The lowest BCUT2D eigenvalue weighted by Crippen LogP contribution is -2.41. The molecule has 0 radical (unpaired) electrons. The standard InChI is InChI=1S/C33H30N6/c34-18-28-29(19-35)37-27-17-26(36-28)31(27)30(22-11-15-38-13-3-7-20-5-1-9-24(22)32(20)38)23-12-16-39-14-4-8-21-6-2-10-25(23)33(21)39/h1-2,5-6,9-10,22-23H,3-4,7-8,11-17H2. The van der Waals surface area contributed by atoms with E-state index in [1.54, 1.807) is 0 Å². The minimum atomic E-state index is 0.149. The number of allylic oxidation sites excluding steroid dienone is 4. The molecule has 0 spiro atoms. The highest BCUT2D eigenvalue weighted by Gasteiger charge is 2.43. The summed E-state index contributed by atoms with van der Waals surface area (Å²) in [6.45, 7) is 4.38. The van der Waals surface area contributed by atoms with E-state index >= 15 is 0 Å². The molecule has 2 aromatic carbocycles. The summed E-state index contributed by atoms with van der Waals surface area (Å²) in [5, 5.41) is 19.5. The maximum atomic E-state index is 9.76. The van der Waals surface area contributed by atoms with Crippen molar-refractivity contribution in [1.82, 2.24) is 0 Å². The summed E-state index contributed by atoms with van der Waals surface area (Å²) in [5.74, 6) is 0.537. The van der Waals surface area contributed by atoms with Crippen LogP contribution in [0.5, 0.6) is 0 Å². The average Bonchev–Trinajstić information content (AvgIpc) is 3.26. The minimum Gasteiger partial charge on any atom is -0.371 e. The van der Waals surface area contributed by atoms with Crippen LogP contribution in [-0.4, -0.2) is 37.6 Å². The van der Waals surface area contributed by atoms with Crippen LogP contribution >= 0.6 is 0 Å². The van der Waals surface area contributed by atoms with Gasteiger partial charge in [0.15, 0.2) is 11.4 Å². The summed E-state index contributed by atoms with van der Waals surface area (Å²) in [6, 6.07) is 18.1. The molecule has 2 atom stereocenters.